The van der Waals surface area contributed by atoms with E-state index in [0.29, 0.717) is 11.6 Å². The van der Waals surface area contributed by atoms with Crippen LogP contribution in [0.2, 0.25) is 0 Å². The molecule has 0 aliphatic carbocycles. The van der Waals surface area contributed by atoms with Crippen molar-refractivity contribution in [3.05, 3.63) is 48.2 Å². The van der Waals surface area contributed by atoms with E-state index in [0.717, 1.165) is 10.6 Å². The van der Waals surface area contributed by atoms with Crippen molar-refractivity contribution in [2.24, 2.45) is 0 Å². The van der Waals surface area contributed by atoms with Gasteiger partial charge in [-0.05, 0) is 18.2 Å². The number of nitrogens with zero attached hydrogens (tertiary/aromatic N) is 2. The number of thioether (sulfide) groups is 1. The molecule has 3 nitrogen and oxygen atoms in total. The molecule has 0 amide bonds. The van der Waals surface area contributed by atoms with E-state index in [1.807, 2.05) is 6.07 Å². The van der Waals surface area contributed by atoms with Crippen molar-refractivity contribution in [3.63, 3.8) is 0 Å². The van der Waals surface area contributed by atoms with Crippen LogP contribution < -0.4 is 5.73 Å². The molecule has 0 radical (unpaired) electrons. The molecule has 82 valence electrons. The first-order valence-corrected chi connectivity index (χ1v) is 5.67. The molecular formula is C11H10FN3S. The highest BCUT2D eigenvalue weighted by Gasteiger charge is 1.99. The molecule has 0 saturated heterocycles. The fourth-order valence-electron chi connectivity index (χ4n) is 1.15. The Morgan fingerprint density at radius 1 is 1.25 bits per heavy atom. The number of hydrogen-bond donors (Lipinski definition) is 1. The molecule has 2 aromatic rings. The molecule has 0 spiro atoms. The van der Waals surface area contributed by atoms with Crippen LogP contribution in [0.5, 0.6) is 0 Å². The molecule has 1 aromatic heterocycles. The van der Waals surface area contributed by atoms with Crippen molar-refractivity contribution in [2.75, 3.05) is 5.73 Å². The highest BCUT2D eigenvalue weighted by atomic mass is 32.2. The van der Waals surface area contributed by atoms with Gasteiger partial charge in [0.15, 0.2) is 0 Å². The summed E-state index contributed by atoms with van der Waals surface area (Å²) >= 11 is 1.51. The van der Waals surface area contributed by atoms with E-state index < -0.39 is 0 Å². The Labute approximate surface area is 96.9 Å². The van der Waals surface area contributed by atoms with Crippen LogP contribution in [-0.2, 0) is 5.75 Å². The van der Waals surface area contributed by atoms with Gasteiger partial charge in [-0.1, -0.05) is 6.07 Å². The molecule has 0 fully saturated rings. The monoisotopic (exact) mass is 235 g/mol. The highest BCUT2D eigenvalue weighted by Crippen LogP contribution is 2.22. The second kappa shape index (κ2) is 4.94. The van der Waals surface area contributed by atoms with E-state index >= 15 is 0 Å². The number of rotatable bonds is 3. The first-order valence-electron chi connectivity index (χ1n) is 4.69. The molecule has 1 aromatic carbocycles. The SMILES string of the molecule is Nc1cnc(CSc2cccc(F)c2)cn1. The summed E-state index contributed by atoms with van der Waals surface area (Å²) in [5.41, 5.74) is 6.25. The lowest BCUT2D eigenvalue weighted by atomic mass is 10.4. The quantitative estimate of drug-likeness (QED) is 0.830. The van der Waals surface area contributed by atoms with E-state index in [9.17, 15) is 4.39 Å². The molecule has 1 heterocycles. The van der Waals surface area contributed by atoms with E-state index in [-0.39, 0.29) is 5.82 Å². The molecule has 16 heavy (non-hydrogen) atoms. The second-order valence-electron chi connectivity index (χ2n) is 3.18. The zero-order valence-corrected chi connectivity index (χ0v) is 9.25. The van der Waals surface area contributed by atoms with Crippen LogP contribution in [0.25, 0.3) is 0 Å². The Morgan fingerprint density at radius 3 is 2.81 bits per heavy atom. The van der Waals surface area contributed by atoms with E-state index in [2.05, 4.69) is 9.97 Å². The predicted molar refractivity (Wildman–Crippen MR) is 62.4 cm³/mol. The van der Waals surface area contributed by atoms with Gasteiger partial charge in [0.2, 0.25) is 0 Å². The number of halogens is 1. The lowest BCUT2D eigenvalue weighted by Crippen LogP contribution is -1.94. The zero-order chi connectivity index (χ0) is 11.4. The van der Waals surface area contributed by atoms with Gasteiger partial charge in [0.05, 0.1) is 18.1 Å². The highest BCUT2D eigenvalue weighted by molar-refractivity contribution is 7.98. The number of aromatic nitrogens is 2. The van der Waals surface area contributed by atoms with E-state index in [1.54, 1.807) is 12.3 Å². The Morgan fingerprint density at radius 2 is 2.12 bits per heavy atom. The van der Waals surface area contributed by atoms with Crippen LogP contribution >= 0.6 is 11.8 Å². The van der Waals surface area contributed by atoms with Crippen molar-refractivity contribution >= 4 is 17.6 Å². The number of hydrogen-bond acceptors (Lipinski definition) is 4. The molecule has 0 bridgehead atoms. The summed E-state index contributed by atoms with van der Waals surface area (Å²) < 4.78 is 12.9. The topological polar surface area (TPSA) is 51.8 Å². The van der Waals surface area contributed by atoms with Crippen molar-refractivity contribution in [3.8, 4) is 0 Å². The minimum atomic E-state index is -0.228. The molecule has 0 aliphatic rings. The van der Waals surface area contributed by atoms with Crippen molar-refractivity contribution in [2.45, 2.75) is 10.6 Å². The van der Waals surface area contributed by atoms with Gasteiger partial charge in [0, 0.05) is 10.6 Å². The van der Waals surface area contributed by atoms with Crippen LogP contribution in [0.3, 0.4) is 0 Å². The van der Waals surface area contributed by atoms with Gasteiger partial charge in [0.25, 0.3) is 0 Å². The van der Waals surface area contributed by atoms with Gasteiger partial charge < -0.3 is 5.73 Å². The molecule has 0 atom stereocenters. The predicted octanol–water partition coefficient (Wildman–Crippen LogP) is 2.49. The average molecular weight is 235 g/mol. The number of anilines is 1. The summed E-state index contributed by atoms with van der Waals surface area (Å²) in [4.78, 5) is 8.92. The Bertz CT molecular complexity index is 473. The third-order valence-corrected chi connectivity index (χ3v) is 2.94. The minimum absolute atomic E-state index is 0.228. The zero-order valence-electron chi connectivity index (χ0n) is 8.43. The lowest BCUT2D eigenvalue weighted by Gasteiger charge is -2.01. The van der Waals surface area contributed by atoms with Crippen LogP contribution in [0.1, 0.15) is 5.69 Å². The maximum atomic E-state index is 12.9. The van der Waals surface area contributed by atoms with Crippen LogP contribution in [0, 0.1) is 5.82 Å². The van der Waals surface area contributed by atoms with Gasteiger partial charge in [0.1, 0.15) is 11.6 Å². The summed E-state index contributed by atoms with van der Waals surface area (Å²) in [5.74, 6) is 0.824. The van der Waals surface area contributed by atoms with Gasteiger partial charge in [-0.25, -0.2) is 9.37 Å². The number of nitrogens with two attached hydrogens (primary N) is 1. The lowest BCUT2D eigenvalue weighted by molar-refractivity contribution is 0.624. The van der Waals surface area contributed by atoms with Gasteiger partial charge in [-0.3, -0.25) is 4.98 Å². The van der Waals surface area contributed by atoms with Crippen molar-refractivity contribution < 1.29 is 4.39 Å². The largest absolute Gasteiger partial charge is 0.382 e. The maximum Gasteiger partial charge on any atom is 0.141 e. The Balaban J connectivity index is 1.99. The Kier molecular flexibility index (Phi) is 3.36. The van der Waals surface area contributed by atoms with Gasteiger partial charge in [-0.15, -0.1) is 11.8 Å². The average Bonchev–Trinajstić information content (AvgIpc) is 2.28. The molecule has 0 aliphatic heterocycles. The van der Waals surface area contributed by atoms with Gasteiger partial charge >= 0.3 is 0 Å². The fourth-order valence-corrected chi connectivity index (χ4v) is 1.99. The van der Waals surface area contributed by atoms with Crippen molar-refractivity contribution in [1.82, 2.24) is 9.97 Å². The molecular weight excluding hydrogens is 225 g/mol. The summed E-state index contributed by atoms with van der Waals surface area (Å²) in [6.45, 7) is 0. The molecule has 5 heteroatoms. The van der Waals surface area contributed by atoms with E-state index in [4.69, 9.17) is 5.73 Å². The number of benzene rings is 1. The summed E-state index contributed by atoms with van der Waals surface area (Å²) in [6, 6.07) is 6.47. The minimum Gasteiger partial charge on any atom is -0.382 e. The Hall–Kier alpha value is -1.62. The summed E-state index contributed by atoms with van der Waals surface area (Å²) in [5, 5.41) is 0. The first kappa shape index (κ1) is 10.9. The first-order chi connectivity index (χ1) is 7.74. The standard InChI is InChI=1S/C11H10FN3S/c12-8-2-1-3-10(4-8)16-7-9-5-15-11(13)6-14-9/h1-6H,7H2,(H2,13,15). The summed E-state index contributed by atoms with van der Waals surface area (Å²) in [6.07, 6.45) is 3.14. The van der Waals surface area contributed by atoms with Gasteiger partial charge in [-0.2, -0.15) is 0 Å². The smallest absolute Gasteiger partial charge is 0.141 e. The summed E-state index contributed by atoms with van der Waals surface area (Å²) in [7, 11) is 0. The molecule has 0 saturated carbocycles. The maximum absolute atomic E-state index is 12.9. The second-order valence-corrected chi connectivity index (χ2v) is 4.23. The van der Waals surface area contributed by atoms with Crippen molar-refractivity contribution in [1.29, 1.82) is 0 Å². The van der Waals surface area contributed by atoms with Crippen LogP contribution in [0.4, 0.5) is 10.2 Å². The molecule has 2 rings (SSSR count). The third kappa shape index (κ3) is 2.93. The molecule has 2 N–H and O–H groups in total. The third-order valence-electron chi connectivity index (χ3n) is 1.91. The van der Waals surface area contributed by atoms with Crippen LogP contribution in [-0.4, -0.2) is 9.97 Å². The van der Waals surface area contributed by atoms with E-state index in [1.165, 1.54) is 30.1 Å². The van der Waals surface area contributed by atoms with Crippen LogP contribution in [0.15, 0.2) is 41.6 Å². The normalized spacial score (nSPS) is 10.3. The number of nitrogen functional groups attached to an aromatic ring is 1. The fraction of sp³-hybridized carbons (Fsp3) is 0.0909. The molecule has 0 unspecified atom stereocenters.